The van der Waals surface area contributed by atoms with E-state index in [2.05, 4.69) is 0 Å². The molecule has 0 aliphatic heterocycles. The Morgan fingerprint density at radius 2 is 1.89 bits per heavy atom. The zero-order chi connectivity index (χ0) is 14.0. The first-order valence-corrected chi connectivity index (χ1v) is 6.15. The first-order chi connectivity index (χ1) is 9.02. The highest BCUT2D eigenvalue weighted by Crippen LogP contribution is 2.26. The van der Waals surface area contributed by atoms with Crippen LogP contribution in [-0.2, 0) is 0 Å². The molecule has 0 atom stereocenters. The number of ether oxygens (including phenoxy) is 1. The number of nitrogens with two attached hydrogens (primary N) is 1. The van der Waals surface area contributed by atoms with Crippen LogP contribution in [0.3, 0.4) is 0 Å². The number of hydrogen-bond acceptors (Lipinski definition) is 3. The van der Waals surface area contributed by atoms with Gasteiger partial charge in [0.1, 0.15) is 5.75 Å². The highest BCUT2D eigenvalue weighted by Gasteiger charge is 2.16. The second kappa shape index (κ2) is 5.33. The van der Waals surface area contributed by atoms with Crippen molar-refractivity contribution in [3.63, 3.8) is 0 Å². The molecule has 0 aliphatic carbocycles. The van der Waals surface area contributed by atoms with Crippen molar-refractivity contribution in [2.45, 2.75) is 6.92 Å². The first kappa shape index (κ1) is 13.4. The largest absolute Gasteiger partial charge is 0.496 e. The molecule has 0 radical (unpaired) electrons. The lowest BCUT2D eigenvalue weighted by molar-refractivity contribution is 0.103. The van der Waals surface area contributed by atoms with Crippen LogP contribution >= 0.6 is 11.6 Å². The molecule has 0 bridgehead atoms. The molecule has 0 spiro atoms. The molecular weight excluding hydrogens is 262 g/mol. The number of carbonyl (C=O) groups is 1. The summed E-state index contributed by atoms with van der Waals surface area (Å²) in [6.07, 6.45) is 0. The Bertz CT molecular complexity index is 638. The summed E-state index contributed by atoms with van der Waals surface area (Å²) in [5, 5.41) is 0.497. The average molecular weight is 276 g/mol. The molecule has 0 saturated carbocycles. The van der Waals surface area contributed by atoms with Gasteiger partial charge in [-0.1, -0.05) is 11.6 Å². The molecule has 0 amide bonds. The van der Waals surface area contributed by atoms with Crippen molar-refractivity contribution in [1.29, 1.82) is 0 Å². The maximum Gasteiger partial charge on any atom is 0.197 e. The zero-order valence-corrected chi connectivity index (χ0v) is 11.5. The molecule has 0 aliphatic rings. The topological polar surface area (TPSA) is 52.3 Å². The van der Waals surface area contributed by atoms with Crippen molar-refractivity contribution in [2.75, 3.05) is 12.8 Å². The fraction of sp³-hybridized carbons (Fsp3) is 0.133. The van der Waals surface area contributed by atoms with Crippen molar-refractivity contribution in [2.24, 2.45) is 0 Å². The van der Waals surface area contributed by atoms with Gasteiger partial charge in [-0.3, -0.25) is 4.79 Å². The van der Waals surface area contributed by atoms with Gasteiger partial charge in [0.05, 0.1) is 12.7 Å². The molecule has 0 aromatic heterocycles. The van der Waals surface area contributed by atoms with Gasteiger partial charge in [-0.25, -0.2) is 0 Å². The van der Waals surface area contributed by atoms with E-state index in [1.54, 1.807) is 36.4 Å². The van der Waals surface area contributed by atoms with Gasteiger partial charge >= 0.3 is 0 Å². The molecule has 2 N–H and O–H groups in total. The minimum absolute atomic E-state index is 0.128. The van der Waals surface area contributed by atoms with Gasteiger partial charge in [-0.05, 0) is 48.9 Å². The summed E-state index contributed by atoms with van der Waals surface area (Å²) in [5.74, 6) is 0.377. The normalized spacial score (nSPS) is 10.3. The predicted molar refractivity (Wildman–Crippen MR) is 77.0 cm³/mol. The second-order valence-electron chi connectivity index (χ2n) is 4.25. The lowest BCUT2D eigenvalue weighted by atomic mass is 9.98. The third kappa shape index (κ3) is 2.71. The number of nitrogen functional groups attached to an aromatic ring is 1. The van der Waals surface area contributed by atoms with Gasteiger partial charge in [-0.2, -0.15) is 0 Å². The molecule has 2 rings (SSSR count). The maximum absolute atomic E-state index is 12.5. The summed E-state index contributed by atoms with van der Waals surface area (Å²) in [6, 6.07) is 10.2. The standard InChI is InChI=1S/C15H14ClNO2/c1-9-7-11(17)4-5-12(9)15(18)13-8-10(16)3-6-14(13)19-2/h3-8H,17H2,1-2H3. The van der Waals surface area contributed by atoms with Crippen LogP contribution in [0, 0.1) is 6.92 Å². The van der Waals surface area contributed by atoms with Crippen LogP contribution in [0.4, 0.5) is 5.69 Å². The van der Waals surface area contributed by atoms with E-state index in [-0.39, 0.29) is 5.78 Å². The van der Waals surface area contributed by atoms with Crippen molar-refractivity contribution < 1.29 is 9.53 Å². The van der Waals surface area contributed by atoms with Gasteiger partial charge in [0.15, 0.2) is 5.78 Å². The summed E-state index contributed by atoms with van der Waals surface area (Å²) in [6.45, 7) is 1.85. The molecule has 98 valence electrons. The quantitative estimate of drug-likeness (QED) is 0.689. The third-order valence-corrected chi connectivity index (χ3v) is 3.14. The van der Waals surface area contributed by atoms with Gasteiger partial charge in [0.25, 0.3) is 0 Å². The highest BCUT2D eigenvalue weighted by molar-refractivity contribution is 6.31. The van der Waals surface area contributed by atoms with Crippen molar-refractivity contribution in [1.82, 2.24) is 0 Å². The highest BCUT2D eigenvalue weighted by atomic mass is 35.5. The number of carbonyl (C=O) groups excluding carboxylic acids is 1. The van der Waals surface area contributed by atoms with Gasteiger partial charge in [-0.15, -0.1) is 0 Å². The Morgan fingerprint density at radius 1 is 1.16 bits per heavy atom. The number of methoxy groups -OCH3 is 1. The molecule has 3 nitrogen and oxygen atoms in total. The lowest BCUT2D eigenvalue weighted by Gasteiger charge is -2.10. The van der Waals surface area contributed by atoms with Gasteiger partial charge in [0.2, 0.25) is 0 Å². The number of rotatable bonds is 3. The average Bonchev–Trinajstić information content (AvgIpc) is 2.38. The molecule has 4 heteroatoms. The summed E-state index contributed by atoms with van der Waals surface area (Å²) in [7, 11) is 1.52. The van der Waals surface area contributed by atoms with Crippen LogP contribution in [0.1, 0.15) is 21.5 Å². The van der Waals surface area contributed by atoms with Crippen LogP contribution in [0.5, 0.6) is 5.75 Å². The van der Waals surface area contributed by atoms with E-state index >= 15 is 0 Å². The van der Waals surface area contributed by atoms with Crippen molar-refractivity contribution >= 4 is 23.1 Å². The Balaban J connectivity index is 2.52. The van der Waals surface area contributed by atoms with Crippen LogP contribution in [0.15, 0.2) is 36.4 Å². The molecule has 2 aromatic rings. The smallest absolute Gasteiger partial charge is 0.197 e. The summed E-state index contributed by atoms with van der Waals surface area (Å²) < 4.78 is 5.20. The Morgan fingerprint density at radius 3 is 2.53 bits per heavy atom. The minimum Gasteiger partial charge on any atom is -0.496 e. The number of ketones is 1. The van der Waals surface area contributed by atoms with Crippen LogP contribution in [0.25, 0.3) is 0 Å². The van der Waals surface area contributed by atoms with E-state index in [1.807, 2.05) is 6.92 Å². The molecule has 0 saturated heterocycles. The third-order valence-electron chi connectivity index (χ3n) is 2.90. The van der Waals surface area contributed by atoms with Crippen LogP contribution in [-0.4, -0.2) is 12.9 Å². The first-order valence-electron chi connectivity index (χ1n) is 5.77. The molecule has 2 aromatic carbocycles. The van der Waals surface area contributed by atoms with Gasteiger partial charge in [0, 0.05) is 16.3 Å². The SMILES string of the molecule is COc1ccc(Cl)cc1C(=O)c1ccc(N)cc1C. The summed E-state index contributed by atoms with van der Waals surface area (Å²) >= 11 is 5.94. The van der Waals surface area contributed by atoms with E-state index in [0.717, 1.165) is 5.56 Å². The zero-order valence-electron chi connectivity index (χ0n) is 10.7. The predicted octanol–water partition coefficient (Wildman–Crippen LogP) is 3.47. The molecule has 0 unspecified atom stereocenters. The number of hydrogen-bond donors (Lipinski definition) is 1. The Labute approximate surface area is 117 Å². The van der Waals surface area contributed by atoms with E-state index in [4.69, 9.17) is 22.1 Å². The molecule has 19 heavy (non-hydrogen) atoms. The number of benzene rings is 2. The Kier molecular flexibility index (Phi) is 3.76. The van der Waals surface area contributed by atoms with E-state index < -0.39 is 0 Å². The maximum atomic E-state index is 12.5. The fourth-order valence-corrected chi connectivity index (χ4v) is 2.12. The fourth-order valence-electron chi connectivity index (χ4n) is 1.94. The summed E-state index contributed by atoms with van der Waals surface area (Å²) in [4.78, 5) is 12.5. The van der Waals surface area contributed by atoms with E-state index in [9.17, 15) is 4.79 Å². The van der Waals surface area contributed by atoms with Crippen LogP contribution in [0.2, 0.25) is 5.02 Å². The number of aryl methyl sites for hydroxylation is 1. The van der Waals surface area contributed by atoms with E-state index in [1.165, 1.54) is 7.11 Å². The van der Waals surface area contributed by atoms with E-state index in [0.29, 0.717) is 27.6 Å². The van der Waals surface area contributed by atoms with Crippen molar-refractivity contribution in [3.05, 3.63) is 58.1 Å². The second-order valence-corrected chi connectivity index (χ2v) is 4.68. The van der Waals surface area contributed by atoms with Gasteiger partial charge < -0.3 is 10.5 Å². The Hall–Kier alpha value is -2.00. The molecule has 0 heterocycles. The van der Waals surface area contributed by atoms with Crippen LogP contribution < -0.4 is 10.5 Å². The summed E-state index contributed by atoms with van der Waals surface area (Å²) in [5.41, 5.74) is 8.19. The lowest BCUT2D eigenvalue weighted by Crippen LogP contribution is -2.06. The number of anilines is 1. The number of halogens is 1. The van der Waals surface area contributed by atoms with Crippen molar-refractivity contribution in [3.8, 4) is 5.75 Å². The molecular formula is C15H14ClNO2. The monoisotopic (exact) mass is 275 g/mol. The molecule has 0 fully saturated rings. The minimum atomic E-state index is -0.128.